The van der Waals surface area contributed by atoms with E-state index in [-0.39, 0.29) is 18.4 Å². The van der Waals surface area contributed by atoms with Gasteiger partial charge in [-0.2, -0.15) is 0 Å². The topological polar surface area (TPSA) is 76.7 Å². The molecule has 2 aromatic rings. The molecule has 0 bridgehead atoms. The van der Waals surface area contributed by atoms with Crippen molar-refractivity contribution in [2.75, 3.05) is 24.4 Å². The summed E-state index contributed by atoms with van der Waals surface area (Å²) in [5.74, 6) is 0.793. The predicted molar refractivity (Wildman–Crippen MR) is 95.3 cm³/mol. The second-order valence-electron chi connectivity index (χ2n) is 6.52. The summed E-state index contributed by atoms with van der Waals surface area (Å²) in [6.07, 6.45) is 0. The maximum absolute atomic E-state index is 12.4. The molecule has 25 heavy (non-hydrogen) atoms. The maximum atomic E-state index is 12.4. The molecule has 3 rings (SSSR count). The van der Waals surface area contributed by atoms with E-state index in [9.17, 15) is 9.59 Å². The zero-order valence-corrected chi connectivity index (χ0v) is 14.4. The molecule has 6 heteroatoms. The monoisotopic (exact) mass is 340 g/mol. The molecule has 0 aromatic heterocycles. The lowest BCUT2D eigenvalue weighted by atomic mass is 9.94. The first-order valence-corrected chi connectivity index (χ1v) is 7.93. The van der Waals surface area contributed by atoms with Crippen LogP contribution in [0.4, 0.5) is 11.4 Å². The Morgan fingerprint density at radius 1 is 1.24 bits per heavy atom. The number of hydrogen-bond acceptors (Lipinski definition) is 4. The quantitative estimate of drug-likeness (QED) is 0.899. The van der Waals surface area contributed by atoms with Gasteiger partial charge >= 0.3 is 0 Å². The van der Waals surface area contributed by atoms with E-state index in [1.807, 2.05) is 13.8 Å². The van der Waals surface area contributed by atoms with Gasteiger partial charge in [0.05, 0.1) is 18.2 Å². The van der Waals surface area contributed by atoms with E-state index >= 15 is 0 Å². The fourth-order valence-electron chi connectivity index (χ4n) is 2.41. The molecule has 0 unspecified atom stereocenters. The number of nitrogens with one attached hydrogen (secondary N) is 2. The Morgan fingerprint density at radius 2 is 2.04 bits per heavy atom. The summed E-state index contributed by atoms with van der Waals surface area (Å²) in [6.45, 7) is 3.90. The number of carbonyl (C=O) groups is 2. The van der Waals surface area contributed by atoms with Gasteiger partial charge in [-0.15, -0.1) is 0 Å². The van der Waals surface area contributed by atoms with E-state index in [0.717, 1.165) is 0 Å². The van der Waals surface area contributed by atoms with Crippen molar-refractivity contribution < 1.29 is 19.1 Å². The predicted octanol–water partition coefficient (Wildman–Crippen LogP) is 3.30. The molecule has 130 valence electrons. The second kappa shape index (κ2) is 6.47. The van der Waals surface area contributed by atoms with Crippen LogP contribution >= 0.6 is 0 Å². The van der Waals surface area contributed by atoms with E-state index in [1.54, 1.807) is 49.6 Å². The number of carbonyl (C=O) groups excluding carboxylic acids is 2. The molecular formula is C19H20N2O4. The van der Waals surface area contributed by atoms with Crippen LogP contribution in [-0.2, 0) is 4.79 Å². The number of amides is 2. The Balaban J connectivity index is 1.80. The first-order valence-electron chi connectivity index (χ1n) is 7.93. The summed E-state index contributed by atoms with van der Waals surface area (Å²) in [6, 6.07) is 12.0. The first kappa shape index (κ1) is 16.8. The fraction of sp³-hybridized carbons (Fsp3) is 0.263. The lowest BCUT2D eigenvalue weighted by Gasteiger charge is -2.18. The van der Waals surface area contributed by atoms with Crippen molar-refractivity contribution in [1.82, 2.24) is 0 Å². The van der Waals surface area contributed by atoms with Crippen LogP contribution in [0, 0.1) is 5.41 Å². The minimum Gasteiger partial charge on any atom is -0.497 e. The molecule has 0 aliphatic carbocycles. The zero-order chi connectivity index (χ0) is 18.0. The van der Waals surface area contributed by atoms with Crippen LogP contribution in [0.25, 0.3) is 0 Å². The Bertz CT molecular complexity index is 830. The largest absolute Gasteiger partial charge is 0.497 e. The average molecular weight is 340 g/mol. The van der Waals surface area contributed by atoms with Gasteiger partial charge in [-0.05, 0) is 44.2 Å². The molecule has 0 atom stereocenters. The highest BCUT2D eigenvalue weighted by molar-refractivity contribution is 6.05. The second-order valence-corrected chi connectivity index (χ2v) is 6.52. The zero-order valence-electron chi connectivity index (χ0n) is 14.4. The molecular weight excluding hydrogens is 320 g/mol. The fourth-order valence-corrected chi connectivity index (χ4v) is 2.41. The van der Waals surface area contributed by atoms with E-state index in [4.69, 9.17) is 9.47 Å². The van der Waals surface area contributed by atoms with E-state index < -0.39 is 5.41 Å². The van der Waals surface area contributed by atoms with Crippen molar-refractivity contribution in [3.05, 3.63) is 48.0 Å². The number of anilines is 2. The van der Waals surface area contributed by atoms with Crippen molar-refractivity contribution in [2.24, 2.45) is 5.41 Å². The van der Waals surface area contributed by atoms with Gasteiger partial charge in [0.15, 0.2) is 0 Å². The van der Waals surface area contributed by atoms with Crippen molar-refractivity contribution in [3.63, 3.8) is 0 Å². The molecule has 0 radical (unpaired) electrons. The molecule has 0 fully saturated rings. The van der Waals surface area contributed by atoms with Crippen LogP contribution in [0.3, 0.4) is 0 Å². The third-order valence-corrected chi connectivity index (χ3v) is 4.02. The van der Waals surface area contributed by atoms with E-state index in [2.05, 4.69) is 10.6 Å². The Kier molecular flexibility index (Phi) is 4.35. The third kappa shape index (κ3) is 3.57. The summed E-state index contributed by atoms with van der Waals surface area (Å²) in [5.41, 5.74) is 1.04. The van der Waals surface area contributed by atoms with E-state index in [1.165, 1.54) is 0 Å². The van der Waals surface area contributed by atoms with Crippen LogP contribution in [0.2, 0.25) is 0 Å². The van der Waals surface area contributed by atoms with Crippen LogP contribution in [0.5, 0.6) is 11.5 Å². The number of methoxy groups -OCH3 is 1. The lowest BCUT2D eigenvalue weighted by Crippen LogP contribution is -2.33. The van der Waals surface area contributed by atoms with Crippen molar-refractivity contribution in [3.8, 4) is 11.5 Å². The van der Waals surface area contributed by atoms with Gasteiger partial charge < -0.3 is 20.1 Å². The maximum Gasteiger partial charge on any atom is 0.255 e. The molecule has 0 saturated carbocycles. The molecule has 6 nitrogen and oxygen atoms in total. The molecule has 2 amide bonds. The number of benzene rings is 2. The van der Waals surface area contributed by atoms with Crippen LogP contribution in [-0.4, -0.2) is 25.5 Å². The first-order chi connectivity index (χ1) is 11.9. The minimum absolute atomic E-state index is 0.0978. The van der Waals surface area contributed by atoms with Gasteiger partial charge in [0.1, 0.15) is 18.1 Å². The third-order valence-electron chi connectivity index (χ3n) is 4.02. The molecule has 1 aliphatic rings. The summed E-state index contributed by atoms with van der Waals surface area (Å²) in [4.78, 5) is 24.5. The molecule has 0 saturated heterocycles. The molecule has 1 aliphatic heterocycles. The summed E-state index contributed by atoms with van der Waals surface area (Å²) < 4.78 is 10.9. The number of rotatable bonds is 3. The standard InChI is InChI=1S/C19H20N2O4/c1-19(2)11-25-16-10-13(7-8-15(16)21-18(19)23)20-17(22)12-5-4-6-14(9-12)24-3/h4-10H,11H2,1-3H3,(H,20,22)(H,21,23). The highest BCUT2D eigenvalue weighted by Crippen LogP contribution is 2.34. The van der Waals surface area contributed by atoms with Crippen molar-refractivity contribution in [2.45, 2.75) is 13.8 Å². The Labute approximate surface area is 146 Å². The normalized spacial score (nSPS) is 15.2. The van der Waals surface area contributed by atoms with Gasteiger partial charge in [-0.3, -0.25) is 9.59 Å². The lowest BCUT2D eigenvalue weighted by molar-refractivity contribution is -0.124. The van der Waals surface area contributed by atoms with Gasteiger partial charge in [0.25, 0.3) is 5.91 Å². The summed E-state index contributed by atoms with van der Waals surface area (Å²) in [7, 11) is 1.55. The minimum atomic E-state index is -0.622. The van der Waals surface area contributed by atoms with Crippen LogP contribution < -0.4 is 20.1 Å². The van der Waals surface area contributed by atoms with E-state index in [0.29, 0.717) is 28.4 Å². The SMILES string of the molecule is COc1cccc(C(=O)Nc2ccc3c(c2)OCC(C)(C)C(=O)N3)c1. The molecule has 2 N–H and O–H groups in total. The van der Waals surface area contributed by atoms with Gasteiger partial charge in [-0.25, -0.2) is 0 Å². The van der Waals surface area contributed by atoms with Gasteiger partial charge in [-0.1, -0.05) is 6.07 Å². The molecule has 2 aromatic carbocycles. The van der Waals surface area contributed by atoms with Crippen molar-refractivity contribution >= 4 is 23.2 Å². The van der Waals surface area contributed by atoms with Gasteiger partial charge in [0.2, 0.25) is 5.91 Å². The molecule has 1 heterocycles. The molecule has 0 spiro atoms. The summed E-state index contributed by atoms with van der Waals surface area (Å²) in [5, 5.41) is 5.67. The smallest absolute Gasteiger partial charge is 0.255 e. The van der Waals surface area contributed by atoms with Gasteiger partial charge in [0, 0.05) is 17.3 Å². The number of hydrogen-bond donors (Lipinski definition) is 2. The highest BCUT2D eigenvalue weighted by Gasteiger charge is 2.32. The average Bonchev–Trinajstić information content (AvgIpc) is 2.71. The summed E-state index contributed by atoms with van der Waals surface area (Å²) >= 11 is 0. The van der Waals surface area contributed by atoms with Crippen LogP contribution in [0.1, 0.15) is 24.2 Å². The Hall–Kier alpha value is -3.02. The number of ether oxygens (including phenoxy) is 2. The van der Waals surface area contributed by atoms with Crippen LogP contribution in [0.15, 0.2) is 42.5 Å². The Morgan fingerprint density at radius 3 is 2.80 bits per heavy atom. The number of fused-ring (bicyclic) bond motifs is 1. The van der Waals surface area contributed by atoms with Crippen molar-refractivity contribution in [1.29, 1.82) is 0 Å². The highest BCUT2D eigenvalue weighted by atomic mass is 16.5.